The Hall–Kier alpha value is 0.790. The third-order valence-electron chi connectivity index (χ3n) is 4.16. The Morgan fingerprint density at radius 3 is 1.26 bits per heavy atom. The summed E-state index contributed by atoms with van der Waals surface area (Å²) < 4.78 is 0. The highest BCUT2D eigenvalue weighted by molar-refractivity contribution is 6.30. The summed E-state index contributed by atoms with van der Waals surface area (Å²) in [6.45, 7) is 6.74. The van der Waals surface area contributed by atoms with Crippen molar-refractivity contribution in [2.75, 3.05) is 39.3 Å². The molecular weight excluding hydrogens is 303 g/mol. The lowest BCUT2D eigenvalue weighted by Gasteiger charge is -2.32. The molecule has 0 spiro atoms. The molecule has 0 N–H and O–H groups in total. The van der Waals surface area contributed by atoms with Crippen LogP contribution < -0.4 is 0 Å². The highest BCUT2D eigenvalue weighted by atomic mass is 35.5. The van der Waals surface area contributed by atoms with Crippen LogP contribution in [-0.4, -0.2) is 59.8 Å². The van der Waals surface area contributed by atoms with Gasteiger partial charge in [-0.1, -0.05) is 12.8 Å². The molecule has 0 aromatic heterocycles. The van der Waals surface area contributed by atoms with Crippen molar-refractivity contribution < 1.29 is 0 Å². The van der Waals surface area contributed by atoms with E-state index in [0.29, 0.717) is 0 Å². The number of alkyl halides is 2. The minimum absolute atomic E-state index is 0. The molecule has 2 aliphatic rings. The number of hydrogen-bond acceptors (Lipinski definition) is 2. The van der Waals surface area contributed by atoms with Crippen LogP contribution in [0.15, 0.2) is 0 Å². The maximum absolute atomic E-state index is 6.48. The van der Waals surface area contributed by atoms with E-state index >= 15 is 0 Å². The quantitative estimate of drug-likeness (QED) is 0.711. The van der Waals surface area contributed by atoms with Gasteiger partial charge in [-0.15, -0.1) is 35.6 Å². The summed E-state index contributed by atoms with van der Waals surface area (Å²) in [4.78, 5) is 4.96. The fourth-order valence-electron chi connectivity index (χ4n) is 3.01. The largest absolute Gasteiger partial charge is 0.302 e. The Morgan fingerprint density at radius 2 is 0.947 bits per heavy atom. The monoisotopic (exact) mass is 328 g/mol. The predicted molar refractivity (Wildman–Crippen MR) is 87.1 cm³/mol. The second kappa shape index (κ2) is 9.68. The Bertz CT molecular complexity index is 205. The first kappa shape index (κ1) is 17.8. The van der Waals surface area contributed by atoms with E-state index in [0.717, 1.165) is 13.1 Å². The number of hydrogen-bond donors (Lipinski definition) is 0. The van der Waals surface area contributed by atoms with E-state index in [4.69, 9.17) is 23.2 Å². The van der Waals surface area contributed by atoms with Gasteiger partial charge in [0.05, 0.1) is 10.8 Å². The SMILES string of the molecule is Cl.ClC(CN1CCCCC1)C(Cl)CN1CCCCC1. The summed E-state index contributed by atoms with van der Waals surface area (Å²) in [5.74, 6) is 0. The van der Waals surface area contributed by atoms with Crippen molar-refractivity contribution in [2.24, 2.45) is 0 Å². The molecule has 2 fully saturated rings. The lowest BCUT2D eigenvalue weighted by molar-refractivity contribution is 0.205. The first-order valence-electron chi connectivity index (χ1n) is 7.48. The molecule has 5 heteroatoms. The zero-order valence-corrected chi connectivity index (χ0v) is 14.0. The van der Waals surface area contributed by atoms with Gasteiger partial charge < -0.3 is 9.80 Å². The minimum atomic E-state index is 0. The molecule has 19 heavy (non-hydrogen) atoms. The third kappa shape index (κ3) is 6.39. The first-order chi connectivity index (χ1) is 8.75. The molecule has 0 aliphatic carbocycles. The topological polar surface area (TPSA) is 6.48 Å². The van der Waals surface area contributed by atoms with E-state index in [2.05, 4.69) is 9.80 Å². The summed E-state index contributed by atoms with van der Waals surface area (Å²) in [6, 6.07) is 0. The average molecular weight is 330 g/mol. The predicted octanol–water partition coefficient (Wildman–Crippen LogP) is 3.59. The fourth-order valence-corrected chi connectivity index (χ4v) is 3.56. The van der Waals surface area contributed by atoms with E-state index in [1.54, 1.807) is 0 Å². The van der Waals surface area contributed by atoms with Gasteiger partial charge in [0.15, 0.2) is 0 Å². The molecule has 0 radical (unpaired) electrons. The molecule has 2 nitrogen and oxygen atoms in total. The van der Waals surface area contributed by atoms with Gasteiger partial charge in [-0.3, -0.25) is 0 Å². The van der Waals surface area contributed by atoms with E-state index in [1.807, 2.05) is 0 Å². The summed E-state index contributed by atoms with van der Waals surface area (Å²) in [7, 11) is 0. The standard InChI is InChI=1S/C14H26Cl2N2.ClH/c15-13(11-17-7-3-1-4-8-17)14(16)12-18-9-5-2-6-10-18;/h13-14H,1-12H2;1H. The first-order valence-corrected chi connectivity index (χ1v) is 8.36. The van der Waals surface area contributed by atoms with Crippen LogP contribution in [0.4, 0.5) is 0 Å². The number of piperidine rings is 2. The van der Waals surface area contributed by atoms with Crippen molar-refractivity contribution >= 4 is 35.6 Å². The van der Waals surface area contributed by atoms with Crippen molar-refractivity contribution in [3.63, 3.8) is 0 Å². The molecule has 0 saturated carbocycles. The molecule has 0 amide bonds. The minimum Gasteiger partial charge on any atom is -0.302 e. The molecule has 2 saturated heterocycles. The van der Waals surface area contributed by atoms with Crippen LogP contribution in [0.2, 0.25) is 0 Å². The lowest BCUT2D eigenvalue weighted by atomic mass is 10.1. The van der Waals surface area contributed by atoms with Crippen LogP contribution in [0.3, 0.4) is 0 Å². The molecule has 2 unspecified atom stereocenters. The molecule has 2 atom stereocenters. The summed E-state index contributed by atoms with van der Waals surface area (Å²) in [5, 5.41) is 0.179. The molecule has 2 aliphatic heterocycles. The number of rotatable bonds is 5. The third-order valence-corrected chi connectivity index (χ3v) is 5.17. The van der Waals surface area contributed by atoms with Gasteiger partial charge in [0, 0.05) is 13.1 Å². The number of nitrogens with zero attached hydrogens (tertiary/aromatic N) is 2. The zero-order chi connectivity index (χ0) is 12.8. The molecule has 0 aromatic carbocycles. The van der Waals surface area contributed by atoms with E-state index in [1.165, 1.54) is 64.7 Å². The van der Waals surface area contributed by atoms with Gasteiger partial charge in [-0.2, -0.15) is 0 Å². The van der Waals surface area contributed by atoms with Crippen molar-refractivity contribution in [3.8, 4) is 0 Å². The van der Waals surface area contributed by atoms with E-state index in [-0.39, 0.29) is 23.2 Å². The van der Waals surface area contributed by atoms with Gasteiger partial charge in [0.2, 0.25) is 0 Å². The van der Waals surface area contributed by atoms with E-state index < -0.39 is 0 Å². The average Bonchev–Trinajstić information content (AvgIpc) is 2.41. The van der Waals surface area contributed by atoms with Gasteiger partial charge in [0.1, 0.15) is 0 Å². The Labute approximate surface area is 134 Å². The highest BCUT2D eigenvalue weighted by Gasteiger charge is 2.23. The molecule has 0 bridgehead atoms. The smallest absolute Gasteiger partial charge is 0.0639 e. The maximum atomic E-state index is 6.48. The molecule has 2 rings (SSSR count). The second-order valence-corrected chi connectivity index (χ2v) is 6.88. The summed E-state index contributed by atoms with van der Waals surface area (Å²) >= 11 is 13.0. The Kier molecular flexibility index (Phi) is 9.09. The summed E-state index contributed by atoms with van der Waals surface area (Å²) in [5.41, 5.74) is 0. The number of halogens is 3. The maximum Gasteiger partial charge on any atom is 0.0639 e. The van der Waals surface area contributed by atoms with Crippen LogP contribution in [0.5, 0.6) is 0 Å². The van der Waals surface area contributed by atoms with E-state index in [9.17, 15) is 0 Å². The van der Waals surface area contributed by atoms with Crippen molar-refractivity contribution in [1.29, 1.82) is 0 Å². The molecule has 2 heterocycles. The van der Waals surface area contributed by atoms with Gasteiger partial charge in [-0.05, 0) is 51.9 Å². The van der Waals surface area contributed by atoms with Crippen LogP contribution in [0.1, 0.15) is 38.5 Å². The van der Waals surface area contributed by atoms with Crippen molar-refractivity contribution in [2.45, 2.75) is 49.3 Å². The summed E-state index contributed by atoms with van der Waals surface area (Å²) in [6.07, 6.45) is 8.04. The van der Waals surface area contributed by atoms with Crippen molar-refractivity contribution in [3.05, 3.63) is 0 Å². The molecule has 114 valence electrons. The Morgan fingerprint density at radius 1 is 0.632 bits per heavy atom. The molecule has 0 aromatic rings. The number of likely N-dealkylation sites (tertiary alicyclic amines) is 2. The highest BCUT2D eigenvalue weighted by Crippen LogP contribution is 2.18. The fraction of sp³-hybridized carbons (Fsp3) is 1.00. The van der Waals surface area contributed by atoms with Crippen LogP contribution in [-0.2, 0) is 0 Å². The molecular formula is C14H27Cl3N2. The van der Waals surface area contributed by atoms with Gasteiger partial charge in [-0.25, -0.2) is 0 Å². The van der Waals surface area contributed by atoms with Crippen LogP contribution >= 0.6 is 35.6 Å². The van der Waals surface area contributed by atoms with Crippen molar-refractivity contribution in [1.82, 2.24) is 9.80 Å². The van der Waals surface area contributed by atoms with Gasteiger partial charge >= 0.3 is 0 Å². The van der Waals surface area contributed by atoms with Crippen LogP contribution in [0, 0.1) is 0 Å². The lowest BCUT2D eigenvalue weighted by Crippen LogP contribution is -2.42. The second-order valence-electron chi connectivity index (χ2n) is 5.75. The zero-order valence-electron chi connectivity index (χ0n) is 11.7. The normalized spacial score (nSPS) is 25.6. The van der Waals surface area contributed by atoms with Gasteiger partial charge in [0.25, 0.3) is 0 Å². The van der Waals surface area contributed by atoms with Crippen LogP contribution in [0.25, 0.3) is 0 Å². The Balaban J connectivity index is 0.00000180.